The van der Waals surface area contributed by atoms with Crippen molar-refractivity contribution < 1.29 is 9.00 Å². The smallest absolute Gasteiger partial charge is 0.245 e. The van der Waals surface area contributed by atoms with Crippen molar-refractivity contribution in [2.75, 3.05) is 19.1 Å². The van der Waals surface area contributed by atoms with Gasteiger partial charge in [0.2, 0.25) is 5.91 Å². The molecule has 0 radical (unpaired) electrons. The van der Waals surface area contributed by atoms with Gasteiger partial charge in [-0.15, -0.1) is 0 Å². The molecule has 0 heterocycles. The summed E-state index contributed by atoms with van der Waals surface area (Å²) in [7, 11) is 0.819. The Hall–Kier alpha value is -0.640. The fourth-order valence-electron chi connectivity index (χ4n) is 0.813. The Morgan fingerprint density at radius 1 is 1.75 bits per heavy atom. The van der Waals surface area contributed by atoms with Gasteiger partial charge in [0.1, 0.15) is 0 Å². The normalized spacial score (nSPS) is 14.9. The van der Waals surface area contributed by atoms with Gasteiger partial charge >= 0.3 is 0 Å². The van der Waals surface area contributed by atoms with Crippen molar-refractivity contribution in [3.8, 4) is 0 Å². The fourth-order valence-corrected chi connectivity index (χ4v) is 1.72. The van der Waals surface area contributed by atoms with Gasteiger partial charge in [-0.05, 0) is 13.0 Å². The van der Waals surface area contributed by atoms with Crippen molar-refractivity contribution in [1.82, 2.24) is 4.90 Å². The van der Waals surface area contributed by atoms with Gasteiger partial charge < -0.3 is 4.90 Å². The Kier molecular flexibility index (Phi) is 4.81. The van der Waals surface area contributed by atoms with Crippen molar-refractivity contribution in [3.63, 3.8) is 0 Å². The van der Waals surface area contributed by atoms with Crippen molar-refractivity contribution >= 4 is 16.7 Å². The molecule has 0 aliphatic rings. The van der Waals surface area contributed by atoms with E-state index >= 15 is 0 Å². The average Bonchev–Trinajstić information content (AvgIpc) is 2.00. The van der Waals surface area contributed by atoms with Crippen molar-refractivity contribution in [1.29, 1.82) is 0 Å². The molecule has 0 unspecified atom stereocenters. The molecule has 0 aliphatic heterocycles. The number of hydrogen-bond donors (Lipinski definition) is 0. The first-order valence-electron chi connectivity index (χ1n) is 3.68. The molecule has 0 saturated heterocycles. The van der Waals surface area contributed by atoms with Crippen molar-refractivity contribution in [2.24, 2.45) is 0 Å². The maximum Gasteiger partial charge on any atom is 0.245 e. The van der Waals surface area contributed by atoms with Crippen LogP contribution in [0.5, 0.6) is 0 Å². The lowest BCUT2D eigenvalue weighted by Gasteiger charge is -2.22. The molecule has 0 saturated carbocycles. The fraction of sp³-hybridized carbons (Fsp3) is 0.625. The summed E-state index contributed by atoms with van der Waals surface area (Å²) in [4.78, 5) is 12.6. The summed E-state index contributed by atoms with van der Waals surface area (Å²) in [6.07, 6.45) is 2.89. The van der Waals surface area contributed by atoms with E-state index in [9.17, 15) is 9.00 Å². The molecule has 0 N–H and O–H groups in total. The minimum Gasteiger partial charge on any atom is -0.339 e. The lowest BCUT2D eigenvalue weighted by Crippen LogP contribution is -2.37. The quantitative estimate of drug-likeness (QED) is 0.600. The molecular weight excluding hydrogens is 174 g/mol. The molecular formula is C8H15NO2S. The highest BCUT2D eigenvalue weighted by atomic mass is 32.2. The van der Waals surface area contributed by atoms with E-state index in [0.717, 1.165) is 0 Å². The van der Waals surface area contributed by atoms with E-state index in [4.69, 9.17) is 0 Å². The Morgan fingerprint density at radius 2 is 2.25 bits per heavy atom. The number of hydrogen-bond acceptors (Lipinski definition) is 2. The lowest BCUT2D eigenvalue weighted by molar-refractivity contribution is -0.126. The summed E-state index contributed by atoms with van der Waals surface area (Å²) < 4.78 is 10.8. The standard InChI is InChI=1S/C8H15NO2S/c1-5-8(10)9(3)7(2)6-12(4)11/h5,7H,1,6H2,2-4H3/t7-,12+/m0/s1. The molecule has 12 heavy (non-hydrogen) atoms. The maximum absolute atomic E-state index is 11.0. The molecule has 3 nitrogen and oxygen atoms in total. The van der Waals surface area contributed by atoms with Gasteiger partial charge in [-0.25, -0.2) is 0 Å². The predicted molar refractivity (Wildman–Crippen MR) is 51.4 cm³/mol. The van der Waals surface area contributed by atoms with Gasteiger partial charge in [0.15, 0.2) is 0 Å². The number of carbonyl (C=O) groups excluding carboxylic acids is 1. The van der Waals surface area contributed by atoms with Crippen LogP contribution >= 0.6 is 0 Å². The third-order valence-electron chi connectivity index (χ3n) is 1.66. The zero-order valence-electron chi connectivity index (χ0n) is 7.74. The van der Waals surface area contributed by atoms with Crippen LogP contribution in [0.3, 0.4) is 0 Å². The van der Waals surface area contributed by atoms with Gasteiger partial charge in [-0.3, -0.25) is 9.00 Å². The number of rotatable bonds is 4. The zero-order chi connectivity index (χ0) is 9.72. The van der Waals surface area contributed by atoms with Crippen LogP contribution in [0.2, 0.25) is 0 Å². The summed E-state index contributed by atoms with van der Waals surface area (Å²) in [5.74, 6) is 0.378. The monoisotopic (exact) mass is 189 g/mol. The Labute approximate surface area is 75.9 Å². The molecule has 0 rings (SSSR count). The van der Waals surface area contributed by atoms with Gasteiger partial charge in [-0.2, -0.15) is 0 Å². The predicted octanol–water partition coefficient (Wildman–Crippen LogP) is 0.398. The van der Waals surface area contributed by atoms with Crippen LogP contribution in [-0.4, -0.2) is 40.1 Å². The third kappa shape index (κ3) is 3.67. The molecule has 2 atom stereocenters. The highest BCUT2D eigenvalue weighted by Gasteiger charge is 2.13. The largest absolute Gasteiger partial charge is 0.339 e. The van der Waals surface area contributed by atoms with Gasteiger partial charge in [0, 0.05) is 35.9 Å². The van der Waals surface area contributed by atoms with Crippen molar-refractivity contribution in [2.45, 2.75) is 13.0 Å². The molecule has 0 aliphatic carbocycles. The maximum atomic E-state index is 11.0. The molecule has 0 aromatic rings. The van der Waals surface area contributed by atoms with Crippen LogP contribution in [-0.2, 0) is 15.6 Å². The van der Waals surface area contributed by atoms with E-state index < -0.39 is 10.8 Å². The van der Waals surface area contributed by atoms with E-state index in [1.54, 1.807) is 13.3 Å². The van der Waals surface area contributed by atoms with Gasteiger partial charge in [0.05, 0.1) is 0 Å². The second kappa shape index (κ2) is 5.09. The van der Waals surface area contributed by atoms with Crippen LogP contribution in [0, 0.1) is 0 Å². The van der Waals surface area contributed by atoms with Crippen molar-refractivity contribution in [3.05, 3.63) is 12.7 Å². The average molecular weight is 189 g/mol. The van der Waals surface area contributed by atoms with E-state index in [1.807, 2.05) is 6.92 Å². The van der Waals surface area contributed by atoms with Crippen LogP contribution in [0.25, 0.3) is 0 Å². The Bertz CT molecular complexity index is 203. The third-order valence-corrected chi connectivity index (χ3v) is 2.61. The van der Waals surface area contributed by atoms with Crippen LogP contribution < -0.4 is 0 Å². The number of nitrogens with zero attached hydrogens (tertiary/aromatic N) is 1. The van der Waals surface area contributed by atoms with Gasteiger partial charge in [-0.1, -0.05) is 6.58 Å². The molecule has 70 valence electrons. The Morgan fingerprint density at radius 3 is 2.58 bits per heavy atom. The molecule has 0 bridgehead atoms. The van der Waals surface area contributed by atoms with Gasteiger partial charge in [0.25, 0.3) is 0 Å². The number of amides is 1. The highest BCUT2D eigenvalue weighted by Crippen LogP contribution is 1.98. The van der Waals surface area contributed by atoms with Crippen LogP contribution in [0.1, 0.15) is 6.92 Å². The number of likely N-dealkylation sites (N-methyl/N-ethyl adjacent to an activating group) is 1. The highest BCUT2D eigenvalue weighted by molar-refractivity contribution is 7.84. The molecule has 0 spiro atoms. The second-order valence-electron chi connectivity index (χ2n) is 2.74. The minimum atomic E-state index is -0.863. The molecule has 1 amide bonds. The number of carbonyl (C=O) groups is 1. The summed E-state index contributed by atoms with van der Waals surface area (Å²) in [6, 6.07) is 0.00123. The van der Waals surface area contributed by atoms with Crippen LogP contribution in [0.4, 0.5) is 0 Å². The van der Waals surface area contributed by atoms with E-state index in [2.05, 4.69) is 6.58 Å². The Balaban J connectivity index is 4.08. The zero-order valence-corrected chi connectivity index (χ0v) is 8.56. The van der Waals surface area contributed by atoms with E-state index in [1.165, 1.54) is 11.0 Å². The first kappa shape index (κ1) is 11.4. The SMILES string of the molecule is C=CC(=O)N(C)[C@@H](C)C[S@@](C)=O. The second-order valence-corrected chi connectivity index (χ2v) is 4.22. The molecule has 0 fully saturated rings. The first-order valence-corrected chi connectivity index (χ1v) is 5.41. The van der Waals surface area contributed by atoms with E-state index in [0.29, 0.717) is 5.75 Å². The topological polar surface area (TPSA) is 37.4 Å². The first-order chi connectivity index (χ1) is 5.49. The minimum absolute atomic E-state index is 0.00123. The molecule has 0 aromatic carbocycles. The summed E-state index contributed by atoms with van der Waals surface area (Å²) in [5.41, 5.74) is 0. The summed E-state index contributed by atoms with van der Waals surface area (Å²) >= 11 is 0. The van der Waals surface area contributed by atoms with E-state index in [-0.39, 0.29) is 11.9 Å². The molecule has 4 heteroatoms. The van der Waals surface area contributed by atoms with Crippen LogP contribution in [0.15, 0.2) is 12.7 Å². The lowest BCUT2D eigenvalue weighted by atomic mass is 10.3. The molecule has 0 aromatic heterocycles. The summed E-state index contributed by atoms with van der Waals surface area (Å²) in [5, 5.41) is 0. The summed E-state index contributed by atoms with van der Waals surface area (Å²) in [6.45, 7) is 5.24.